The van der Waals surface area contributed by atoms with Gasteiger partial charge in [-0.25, -0.2) is 4.98 Å². The Morgan fingerprint density at radius 2 is 2.12 bits per heavy atom. The molecule has 0 radical (unpaired) electrons. The van der Waals surface area contributed by atoms with E-state index in [1.807, 2.05) is 18.2 Å². The van der Waals surface area contributed by atoms with Gasteiger partial charge in [-0.3, -0.25) is 0 Å². The number of anilines is 1. The first kappa shape index (κ1) is 10.6. The number of nitrogen functional groups attached to an aromatic ring is 1. The lowest BCUT2D eigenvalue weighted by atomic mass is 9.84. The fraction of sp³-hybridized carbons (Fsp3) is 0.500. The van der Waals surface area contributed by atoms with E-state index in [4.69, 9.17) is 10.7 Å². The minimum Gasteiger partial charge on any atom is -0.399 e. The summed E-state index contributed by atoms with van der Waals surface area (Å²) in [6.45, 7) is 4.43. The van der Waals surface area contributed by atoms with Crippen molar-refractivity contribution in [3.63, 3.8) is 0 Å². The first-order chi connectivity index (χ1) is 8.16. The molecule has 0 atom stereocenters. The largest absolute Gasteiger partial charge is 0.399 e. The Morgan fingerprint density at radius 3 is 2.71 bits per heavy atom. The van der Waals surface area contributed by atoms with E-state index in [2.05, 4.69) is 18.4 Å². The molecular formula is C14H19N3. The summed E-state index contributed by atoms with van der Waals surface area (Å²) in [7, 11) is 0. The van der Waals surface area contributed by atoms with E-state index >= 15 is 0 Å². The molecular weight excluding hydrogens is 210 g/mol. The summed E-state index contributed by atoms with van der Waals surface area (Å²) in [5.74, 6) is 1.91. The Morgan fingerprint density at radius 1 is 1.35 bits per heavy atom. The van der Waals surface area contributed by atoms with Crippen LogP contribution in [-0.2, 0) is 0 Å². The van der Waals surface area contributed by atoms with Crippen molar-refractivity contribution >= 4 is 16.7 Å². The lowest BCUT2D eigenvalue weighted by Crippen LogP contribution is -2.16. The van der Waals surface area contributed by atoms with Crippen LogP contribution in [0.3, 0.4) is 0 Å². The fourth-order valence-corrected chi connectivity index (χ4v) is 2.63. The molecule has 1 aliphatic carbocycles. The monoisotopic (exact) mass is 229 g/mol. The van der Waals surface area contributed by atoms with Gasteiger partial charge >= 0.3 is 0 Å². The second-order valence-electron chi connectivity index (χ2n) is 5.31. The standard InChI is InChI=1S/C14H19N3/c1-9(2)17-13-8-11(15)6-7-12(13)16-14(17)10-4-3-5-10/h6-10H,3-5,15H2,1-2H3. The van der Waals surface area contributed by atoms with Gasteiger partial charge in [-0.1, -0.05) is 6.42 Å². The zero-order chi connectivity index (χ0) is 12.0. The van der Waals surface area contributed by atoms with Gasteiger partial charge in [-0.2, -0.15) is 0 Å². The quantitative estimate of drug-likeness (QED) is 0.801. The van der Waals surface area contributed by atoms with Gasteiger partial charge in [-0.15, -0.1) is 0 Å². The first-order valence-electron chi connectivity index (χ1n) is 6.44. The van der Waals surface area contributed by atoms with Crippen molar-refractivity contribution in [3.8, 4) is 0 Å². The van der Waals surface area contributed by atoms with Crippen LogP contribution in [-0.4, -0.2) is 9.55 Å². The fourth-order valence-electron chi connectivity index (χ4n) is 2.63. The lowest BCUT2D eigenvalue weighted by molar-refractivity contribution is 0.381. The van der Waals surface area contributed by atoms with E-state index in [1.54, 1.807) is 0 Å². The molecule has 0 spiro atoms. The molecule has 0 saturated heterocycles. The highest BCUT2D eigenvalue weighted by atomic mass is 15.1. The van der Waals surface area contributed by atoms with Gasteiger partial charge in [0.2, 0.25) is 0 Å². The summed E-state index contributed by atoms with van der Waals surface area (Å²) in [5, 5.41) is 0. The maximum Gasteiger partial charge on any atom is 0.113 e. The minimum atomic E-state index is 0.442. The van der Waals surface area contributed by atoms with Crippen LogP contribution in [0, 0.1) is 0 Å². The molecule has 0 aliphatic heterocycles. The molecule has 1 aromatic heterocycles. The predicted molar refractivity (Wildman–Crippen MR) is 71.1 cm³/mol. The van der Waals surface area contributed by atoms with Crippen molar-refractivity contribution < 1.29 is 0 Å². The second kappa shape index (κ2) is 3.76. The third kappa shape index (κ3) is 1.61. The Hall–Kier alpha value is -1.51. The van der Waals surface area contributed by atoms with Gasteiger partial charge in [0, 0.05) is 17.6 Å². The van der Waals surface area contributed by atoms with Gasteiger partial charge in [0.15, 0.2) is 0 Å². The predicted octanol–water partition coefficient (Wildman–Crippen LogP) is 3.47. The van der Waals surface area contributed by atoms with Crippen molar-refractivity contribution in [1.29, 1.82) is 0 Å². The smallest absolute Gasteiger partial charge is 0.113 e. The molecule has 3 nitrogen and oxygen atoms in total. The first-order valence-corrected chi connectivity index (χ1v) is 6.44. The van der Waals surface area contributed by atoms with Crippen LogP contribution in [0.5, 0.6) is 0 Å². The number of rotatable bonds is 2. The number of aromatic nitrogens is 2. The van der Waals surface area contributed by atoms with Gasteiger partial charge in [0.1, 0.15) is 5.82 Å². The summed E-state index contributed by atoms with van der Waals surface area (Å²) < 4.78 is 2.36. The number of hydrogen-bond acceptors (Lipinski definition) is 2. The SMILES string of the molecule is CC(C)n1c(C2CCC2)nc2ccc(N)cc21. The Balaban J connectivity index is 2.23. The Bertz CT molecular complexity index is 550. The third-order valence-corrected chi connectivity index (χ3v) is 3.73. The van der Waals surface area contributed by atoms with Crippen molar-refractivity contribution in [3.05, 3.63) is 24.0 Å². The number of nitrogens with two attached hydrogens (primary N) is 1. The summed E-state index contributed by atoms with van der Waals surface area (Å²) in [6.07, 6.45) is 3.91. The number of imidazole rings is 1. The number of hydrogen-bond donors (Lipinski definition) is 1. The van der Waals surface area contributed by atoms with E-state index in [0.29, 0.717) is 12.0 Å². The Kier molecular flexibility index (Phi) is 2.35. The molecule has 2 N–H and O–H groups in total. The van der Waals surface area contributed by atoms with E-state index in [-0.39, 0.29) is 0 Å². The van der Waals surface area contributed by atoms with Crippen LogP contribution in [0.1, 0.15) is 50.9 Å². The van der Waals surface area contributed by atoms with Crippen molar-refractivity contribution in [2.45, 2.75) is 45.1 Å². The third-order valence-electron chi connectivity index (χ3n) is 3.73. The van der Waals surface area contributed by atoms with Gasteiger partial charge in [-0.05, 0) is 44.9 Å². The maximum atomic E-state index is 5.88. The average molecular weight is 229 g/mol. The van der Waals surface area contributed by atoms with E-state index in [1.165, 1.54) is 30.6 Å². The highest BCUT2D eigenvalue weighted by Gasteiger charge is 2.26. The van der Waals surface area contributed by atoms with Gasteiger partial charge in [0.25, 0.3) is 0 Å². The number of benzene rings is 1. The highest BCUT2D eigenvalue weighted by Crippen LogP contribution is 2.38. The molecule has 1 fully saturated rings. The van der Waals surface area contributed by atoms with Crippen LogP contribution in [0.2, 0.25) is 0 Å². The minimum absolute atomic E-state index is 0.442. The van der Waals surface area contributed by atoms with Crippen LogP contribution in [0.4, 0.5) is 5.69 Å². The molecule has 1 aliphatic rings. The molecule has 17 heavy (non-hydrogen) atoms. The molecule has 1 heterocycles. The molecule has 3 heteroatoms. The van der Waals surface area contributed by atoms with Crippen LogP contribution >= 0.6 is 0 Å². The van der Waals surface area contributed by atoms with Gasteiger partial charge in [0.05, 0.1) is 11.0 Å². The van der Waals surface area contributed by atoms with Gasteiger partial charge < -0.3 is 10.3 Å². The van der Waals surface area contributed by atoms with Crippen LogP contribution in [0.15, 0.2) is 18.2 Å². The molecule has 3 rings (SSSR count). The van der Waals surface area contributed by atoms with E-state index in [0.717, 1.165) is 11.2 Å². The molecule has 1 saturated carbocycles. The summed E-state index contributed by atoms with van der Waals surface area (Å²) >= 11 is 0. The summed E-state index contributed by atoms with van der Waals surface area (Å²) in [5.41, 5.74) is 8.96. The van der Waals surface area contributed by atoms with Crippen molar-refractivity contribution in [1.82, 2.24) is 9.55 Å². The molecule has 0 amide bonds. The van der Waals surface area contributed by atoms with Crippen LogP contribution < -0.4 is 5.73 Å². The summed E-state index contributed by atoms with van der Waals surface area (Å²) in [4.78, 5) is 4.80. The number of nitrogens with zero attached hydrogens (tertiary/aromatic N) is 2. The maximum absolute atomic E-state index is 5.88. The molecule has 2 aromatic rings. The summed E-state index contributed by atoms with van der Waals surface area (Å²) in [6, 6.07) is 6.46. The topological polar surface area (TPSA) is 43.8 Å². The van der Waals surface area contributed by atoms with Crippen LogP contribution in [0.25, 0.3) is 11.0 Å². The molecule has 0 bridgehead atoms. The average Bonchev–Trinajstić information content (AvgIpc) is 2.52. The Labute approximate surface area is 102 Å². The van der Waals surface area contributed by atoms with E-state index in [9.17, 15) is 0 Å². The van der Waals surface area contributed by atoms with Crippen molar-refractivity contribution in [2.24, 2.45) is 0 Å². The lowest BCUT2D eigenvalue weighted by Gasteiger charge is -2.27. The molecule has 90 valence electrons. The normalized spacial score (nSPS) is 16.6. The van der Waals surface area contributed by atoms with E-state index < -0.39 is 0 Å². The zero-order valence-corrected chi connectivity index (χ0v) is 10.5. The second-order valence-corrected chi connectivity index (χ2v) is 5.31. The highest BCUT2D eigenvalue weighted by molar-refractivity contribution is 5.80. The molecule has 0 unspecified atom stereocenters. The van der Waals surface area contributed by atoms with Crippen molar-refractivity contribution in [2.75, 3.05) is 5.73 Å². The molecule has 1 aromatic carbocycles. The zero-order valence-electron chi connectivity index (χ0n) is 10.5. The number of fused-ring (bicyclic) bond motifs is 1.